The minimum Gasteiger partial charge on any atom is -0.492 e. The molecule has 0 radical (unpaired) electrons. The molecule has 0 fully saturated rings. The average Bonchev–Trinajstić information content (AvgIpc) is 3.47. The molecule has 1 N–H and O–H groups in total. The number of benzene rings is 1. The van der Waals surface area contributed by atoms with Crippen LogP contribution in [0.2, 0.25) is 0 Å². The Hall–Kier alpha value is -3.90. The number of hydrogen-bond acceptors (Lipinski definition) is 7. The predicted molar refractivity (Wildman–Crippen MR) is 215 cm³/mol. The van der Waals surface area contributed by atoms with Crippen LogP contribution < -0.4 is 25.9 Å². The highest BCUT2D eigenvalue weighted by molar-refractivity contribution is 7.16. The van der Waals surface area contributed by atoms with E-state index in [9.17, 15) is 20.0 Å². The van der Waals surface area contributed by atoms with Crippen LogP contribution >= 0.6 is 11.3 Å². The zero-order valence-electron chi connectivity index (χ0n) is 33.1. The third-order valence-electron chi connectivity index (χ3n) is 9.97. The molecule has 0 aliphatic heterocycles. The lowest BCUT2D eigenvalue weighted by Gasteiger charge is -2.30. The number of nitrogens with zero attached hydrogens (tertiary/aromatic N) is 5. The van der Waals surface area contributed by atoms with Crippen LogP contribution in [0.5, 0.6) is 5.88 Å². The van der Waals surface area contributed by atoms with Crippen molar-refractivity contribution in [2.45, 2.75) is 121 Å². The van der Waals surface area contributed by atoms with E-state index in [-0.39, 0.29) is 16.0 Å². The third kappa shape index (κ3) is 9.71. The maximum absolute atomic E-state index is 14.3. The monoisotopic (exact) mass is 715 g/mol. The maximum Gasteiger partial charge on any atom is 0.280 e. The van der Waals surface area contributed by atoms with E-state index in [4.69, 9.17) is 4.98 Å². The van der Waals surface area contributed by atoms with Crippen molar-refractivity contribution in [1.29, 1.82) is 5.26 Å². The summed E-state index contributed by atoms with van der Waals surface area (Å²) >= 11 is 1.55. The zero-order valence-corrected chi connectivity index (χ0v) is 33.9. The Labute approximate surface area is 310 Å². The Morgan fingerprint density at radius 3 is 2.02 bits per heavy atom. The molecule has 278 valence electrons. The molecule has 2 aromatic heterocycles. The lowest BCUT2D eigenvalue weighted by Crippen LogP contribution is -2.55. The van der Waals surface area contributed by atoms with Gasteiger partial charge in [0.15, 0.2) is 5.13 Å². The number of anilines is 1. The molecule has 1 aromatic carbocycles. The average molecular weight is 716 g/mol. The Bertz CT molecular complexity index is 1850. The summed E-state index contributed by atoms with van der Waals surface area (Å²) in [4.78, 5) is 36.3. The van der Waals surface area contributed by atoms with Crippen molar-refractivity contribution in [3.8, 4) is 23.2 Å². The summed E-state index contributed by atoms with van der Waals surface area (Å²) in [6.45, 7) is 26.4. The van der Waals surface area contributed by atoms with Crippen LogP contribution in [-0.2, 0) is 4.79 Å². The Balaban J connectivity index is 2.44. The maximum atomic E-state index is 14.3. The van der Waals surface area contributed by atoms with Crippen molar-refractivity contribution in [3.63, 3.8) is 0 Å². The van der Waals surface area contributed by atoms with Gasteiger partial charge in [0.2, 0.25) is 11.8 Å². The van der Waals surface area contributed by atoms with Crippen LogP contribution in [0.1, 0.15) is 127 Å². The molecule has 51 heavy (non-hydrogen) atoms. The molecule has 2 atom stereocenters. The van der Waals surface area contributed by atoms with E-state index >= 15 is 0 Å². The van der Waals surface area contributed by atoms with Gasteiger partial charge in [0.25, 0.3) is 5.56 Å². The molecule has 0 bridgehead atoms. The van der Waals surface area contributed by atoms with Crippen LogP contribution in [0.25, 0.3) is 23.9 Å². The van der Waals surface area contributed by atoms with Gasteiger partial charge in [-0.15, -0.1) is 0 Å². The number of nitriles is 1. The number of unbranched alkanes of at least 4 members (excludes halogenated alkanes) is 2. The molecule has 8 nitrogen and oxygen atoms in total. The quantitative estimate of drug-likeness (QED) is 0.161. The molecular weight excluding hydrogens is 655 g/mol. The minimum atomic E-state index is -0.842. The topological polar surface area (TPSA) is 102 Å². The largest absolute Gasteiger partial charge is 0.492 e. The van der Waals surface area contributed by atoms with Crippen LogP contribution in [0.4, 0.5) is 5.13 Å². The molecule has 2 unspecified atom stereocenters. The SMILES string of the molecule is C=c1c(C#N)c(O)n(N(C)C(=O)C(C)(C)C)c(=O)/c1=C/c1sc(N(CC(CC)CCCC)CC(CC)CCCC)nc1-c1c(C)cc(C)cc1C. The van der Waals surface area contributed by atoms with Crippen LogP contribution in [-0.4, -0.2) is 40.8 Å². The van der Waals surface area contributed by atoms with Crippen molar-refractivity contribution in [2.24, 2.45) is 17.3 Å². The van der Waals surface area contributed by atoms with Crippen molar-refractivity contribution in [2.75, 3.05) is 30.0 Å². The summed E-state index contributed by atoms with van der Waals surface area (Å²) < 4.78 is 0.891. The lowest BCUT2D eigenvalue weighted by atomic mass is 9.95. The molecule has 1 amide bonds. The summed E-state index contributed by atoms with van der Waals surface area (Å²) in [5, 5.41) is 23.5. The first-order valence-electron chi connectivity index (χ1n) is 18.7. The van der Waals surface area contributed by atoms with Gasteiger partial charge in [-0.2, -0.15) is 9.94 Å². The number of pyridine rings is 1. The van der Waals surface area contributed by atoms with E-state index in [2.05, 4.69) is 72.1 Å². The number of hydrogen-bond donors (Lipinski definition) is 1. The first kappa shape index (κ1) is 41.5. The van der Waals surface area contributed by atoms with Crippen molar-refractivity contribution in [1.82, 2.24) is 9.66 Å². The number of carbonyl (C=O) groups excluding carboxylic acids is 1. The molecular formula is C42H61N5O3S. The molecule has 3 aromatic rings. The molecule has 0 saturated carbocycles. The van der Waals surface area contributed by atoms with E-state index in [1.54, 1.807) is 38.2 Å². The first-order chi connectivity index (χ1) is 24.0. The van der Waals surface area contributed by atoms with Crippen molar-refractivity contribution < 1.29 is 9.90 Å². The molecule has 0 saturated heterocycles. The molecule has 0 spiro atoms. The fourth-order valence-corrected chi connectivity index (χ4v) is 7.97. The van der Waals surface area contributed by atoms with Gasteiger partial charge < -0.3 is 10.0 Å². The summed E-state index contributed by atoms with van der Waals surface area (Å²) in [5.74, 6) is 0.0554. The standard InChI is InChI=1S/C42H61N5O3S/c1-13-17-19-31(15-3)25-46(26-32(16-4)20-18-14-2)41-44-37(36-28(6)21-27(5)22-29(36)7)35(51-41)23-33-30(8)34(24-43)39(49)47(38(33)48)45(12)40(50)42(9,10)11/h21-23,31-32,49H,8,13-20,25-26H2,1-7,9-12H3/b33-23+. The number of carbonyl (C=O) groups is 1. The predicted octanol–water partition coefficient (Wildman–Crippen LogP) is 8.09. The number of rotatable bonds is 16. The van der Waals surface area contributed by atoms with Gasteiger partial charge >= 0.3 is 0 Å². The second-order valence-electron chi connectivity index (χ2n) is 15.3. The zero-order chi connectivity index (χ0) is 38.2. The minimum absolute atomic E-state index is 0.110. The summed E-state index contributed by atoms with van der Waals surface area (Å²) in [7, 11) is 1.43. The number of aromatic nitrogens is 2. The highest BCUT2D eigenvalue weighted by atomic mass is 32.1. The van der Waals surface area contributed by atoms with Crippen molar-refractivity contribution >= 4 is 35.0 Å². The van der Waals surface area contributed by atoms with Gasteiger partial charge in [0, 0.05) is 36.3 Å². The highest BCUT2D eigenvalue weighted by Crippen LogP contribution is 2.38. The summed E-state index contributed by atoms with van der Waals surface area (Å²) in [6, 6.07) is 6.33. The number of thiazole rings is 1. The van der Waals surface area contributed by atoms with E-state index in [1.165, 1.54) is 19.9 Å². The molecule has 0 aliphatic rings. The Morgan fingerprint density at radius 2 is 1.57 bits per heavy atom. The number of aryl methyl sites for hydroxylation is 3. The Morgan fingerprint density at radius 1 is 1.04 bits per heavy atom. The second-order valence-corrected chi connectivity index (χ2v) is 16.3. The van der Waals surface area contributed by atoms with Gasteiger partial charge in [0.05, 0.1) is 15.8 Å². The number of amides is 1. The van der Waals surface area contributed by atoms with E-state index in [0.717, 1.165) is 99.3 Å². The summed E-state index contributed by atoms with van der Waals surface area (Å²) in [5.41, 5.74) is 3.47. The normalized spacial score (nSPS) is 13.3. The van der Waals surface area contributed by atoms with Gasteiger partial charge in [-0.3, -0.25) is 9.59 Å². The van der Waals surface area contributed by atoms with E-state index < -0.39 is 22.8 Å². The molecule has 0 aliphatic carbocycles. The van der Waals surface area contributed by atoms with E-state index in [1.807, 2.05) is 6.07 Å². The third-order valence-corrected chi connectivity index (χ3v) is 11.0. The first-order valence-corrected chi connectivity index (χ1v) is 19.6. The second kappa shape index (κ2) is 18.0. The number of aromatic hydroxyl groups is 1. The fraction of sp³-hybridized carbons (Fsp3) is 0.571. The van der Waals surface area contributed by atoms with E-state index in [0.29, 0.717) is 11.8 Å². The van der Waals surface area contributed by atoms with Crippen LogP contribution in [0, 0.1) is 49.4 Å². The molecule has 9 heteroatoms. The Kier molecular flexibility index (Phi) is 14.7. The smallest absolute Gasteiger partial charge is 0.280 e. The summed E-state index contributed by atoms with van der Waals surface area (Å²) in [6.07, 6.45) is 11.0. The van der Waals surface area contributed by atoms with Gasteiger partial charge in [-0.05, 0) is 62.7 Å². The molecule has 2 heterocycles. The lowest BCUT2D eigenvalue weighted by molar-refractivity contribution is -0.127. The fourth-order valence-electron chi connectivity index (χ4n) is 6.94. The van der Waals surface area contributed by atoms with Gasteiger partial charge in [0.1, 0.15) is 11.6 Å². The van der Waals surface area contributed by atoms with Crippen LogP contribution in [0.15, 0.2) is 16.9 Å². The molecule has 3 rings (SSSR count). The van der Waals surface area contributed by atoms with Gasteiger partial charge in [-0.1, -0.05) is 123 Å². The van der Waals surface area contributed by atoms with Crippen molar-refractivity contribution in [3.05, 3.63) is 60.1 Å². The van der Waals surface area contributed by atoms with Gasteiger partial charge in [-0.25, -0.2) is 9.99 Å². The highest BCUT2D eigenvalue weighted by Gasteiger charge is 2.30. The van der Waals surface area contributed by atoms with Crippen LogP contribution in [0.3, 0.4) is 0 Å².